The molecule has 1 spiro atoms. The van der Waals surface area contributed by atoms with Crippen LogP contribution in [0.1, 0.15) is 34.8 Å². The van der Waals surface area contributed by atoms with Crippen LogP contribution in [0.5, 0.6) is 0 Å². The number of carbonyl (C=O) groups is 1. The highest BCUT2D eigenvalue weighted by molar-refractivity contribution is 5.78. The first kappa shape index (κ1) is 7.60. The summed E-state index contributed by atoms with van der Waals surface area (Å²) in [5.41, 5.74) is 0. The Morgan fingerprint density at radius 3 is 2.73 bits per heavy atom. The molecule has 3 fully saturated rings. The van der Waals surface area contributed by atoms with Crippen LogP contribution in [0.2, 0.25) is 0 Å². The Kier molecular flexibility index (Phi) is 1.60. The molecule has 1 aliphatic carbocycles. The minimum atomic E-state index is -2.27. The van der Waals surface area contributed by atoms with E-state index in [1.54, 1.807) is 0 Å². The number of aliphatic hydroxyl groups excluding tert-OH is 1. The summed E-state index contributed by atoms with van der Waals surface area (Å²) in [4.78, 5) is 11.5. The monoisotopic (exact) mass is 216 g/mol. The van der Waals surface area contributed by atoms with E-state index in [0.717, 1.165) is 19.3 Å². The zero-order valence-electron chi connectivity index (χ0n) is 10.2. The number of cyclic esters (lactones) is 1. The predicted octanol–water partition coefficient (Wildman–Crippen LogP) is 0.306. The molecule has 0 aromatic carbocycles. The van der Waals surface area contributed by atoms with E-state index in [4.69, 9.17) is 12.2 Å². The van der Waals surface area contributed by atoms with Crippen LogP contribution in [-0.4, -0.2) is 35.3 Å². The van der Waals surface area contributed by atoms with Gasteiger partial charge in [0, 0.05) is 12.8 Å². The van der Waals surface area contributed by atoms with E-state index < -0.39 is 30.2 Å². The molecular weight excluding hydrogens is 200 g/mol. The van der Waals surface area contributed by atoms with Crippen molar-refractivity contribution in [3.8, 4) is 0 Å². The lowest BCUT2D eigenvalue weighted by Gasteiger charge is -2.32. The van der Waals surface area contributed by atoms with Gasteiger partial charge in [0.25, 0.3) is 0 Å². The van der Waals surface area contributed by atoms with Crippen molar-refractivity contribution in [2.24, 2.45) is 0 Å². The Hall–Kier alpha value is -0.650. The van der Waals surface area contributed by atoms with E-state index in [0.29, 0.717) is 12.8 Å². The van der Waals surface area contributed by atoms with Crippen LogP contribution in [0.15, 0.2) is 0 Å². The van der Waals surface area contributed by atoms with Crippen molar-refractivity contribution in [2.45, 2.75) is 56.3 Å². The van der Waals surface area contributed by atoms with Gasteiger partial charge in [0.15, 0.2) is 17.9 Å². The van der Waals surface area contributed by atoms with Crippen molar-refractivity contribution in [3.63, 3.8) is 0 Å². The minimum absolute atomic E-state index is 0.536. The number of hydrogen-bond acceptors (Lipinski definition) is 5. The predicted molar refractivity (Wildman–Crippen MR) is 47.7 cm³/mol. The molecule has 0 radical (unpaired) electrons. The maximum Gasteiger partial charge on any atom is 0.340 e. The second-order valence-corrected chi connectivity index (χ2v) is 4.13. The largest absolute Gasteiger partial charge is 0.431 e. The van der Waals surface area contributed by atoms with Gasteiger partial charge in [0.2, 0.25) is 6.29 Å². The average Bonchev–Trinajstić information content (AvgIpc) is 2.57. The molecule has 84 valence electrons. The summed E-state index contributed by atoms with van der Waals surface area (Å²) in [5, 5.41) is 9.55. The Labute approximate surface area is 90.1 Å². The first-order valence-electron chi connectivity index (χ1n) is 6.21. The lowest BCUT2D eigenvalue weighted by atomic mass is 9.94. The first-order valence-corrected chi connectivity index (χ1v) is 5.21. The van der Waals surface area contributed by atoms with Crippen molar-refractivity contribution in [2.75, 3.05) is 0 Å². The minimum Gasteiger partial charge on any atom is -0.431 e. The summed E-state index contributed by atoms with van der Waals surface area (Å²) >= 11 is 0. The van der Waals surface area contributed by atoms with Crippen molar-refractivity contribution in [1.29, 1.82) is 0 Å². The Morgan fingerprint density at radius 1 is 1.33 bits per heavy atom. The zero-order chi connectivity index (χ0) is 12.3. The van der Waals surface area contributed by atoms with Gasteiger partial charge >= 0.3 is 5.97 Å². The average molecular weight is 216 g/mol. The first-order chi connectivity index (χ1) is 7.92. The van der Waals surface area contributed by atoms with Crippen molar-refractivity contribution < 1.29 is 26.9 Å². The highest BCUT2D eigenvalue weighted by Gasteiger charge is 2.58. The van der Waals surface area contributed by atoms with Gasteiger partial charge in [-0.1, -0.05) is 6.42 Å². The maximum atomic E-state index is 11.5. The van der Waals surface area contributed by atoms with Crippen LogP contribution in [-0.2, 0) is 19.0 Å². The Bertz CT molecular complexity index is 370. The Morgan fingerprint density at radius 2 is 2.07 bits per heavy atom. The van der Waals surface area contributed by atoms with Gasteiger partial charge in [0.05, 0.1) is 2.74 Å². The second kappa shape index (κ2) is 3.17. The van der Waals surface area contributed by atoms with Crippen molar-refractivity contribution in [1.82, 2.24) is 0 Å². The van der Waals surface area contributed by atoms with Crippen LogP contribution in [0.3, 0.4) is 0 Å². The van der Waals surface area contributed by atoms with Gasteiger partial charge in [-0.3, -0.25) is 0 Å². The third-order valence-electron chi connectivity index (χ3n) is 3.05. The van der Waals surface area contributed by atoms with Gasteiger partial charge in [-0.2, -0.15) is 0 Å². The molecule has 0 aromatic rings. The van der Waals surface area contributed by atoms with E-state index in [-0.39, 0.29) is 0 Å². The standard InChI is InChI=1S/C10H14O5/c11-8-6-7(9(12)13-8)15-10(14-6)4-2-1-3-5-10/h6-8,11H,1-5H2/i6D,7D. The molecule has 0 amide bonds. The highest BCUT2D eigenvalue weighted by atomic mass is 16.8. The SMILES string of the molecule is [2H]C12OC3(CCCCC3)OC1([2H])C(O)OC2=O. The molecule has 3 atom stereocenters. The molecule has 1 saturated carbocycles. The van der Waals surface area contributed by atoms with Crippen LogP contribution < -0.4 is 0 Å². The topological polar surface area (TPSA) is 65.0 Å². The molecule has 5 nitrogen and oxygen atoms in total. The molecule has 15 heavy (non-hydrogen) atoms. The third-order valence-corrected chi connectivity index (χ3v) is 3.05. The number of carbonyl (C=O) groups excluding carboxylic acids is 1. The number of rotatable bonds is 0. The normalized spacial score (nSPS) is 54.7. The molecule has 3 rings (SSSR count). The summed E-state index contributed by atoms with van der Waals surface area (Å²) in [5.74, 6) is -2.13. The van der Waals surface area contributed by atoms with E-state index >= 15 is 0 Å². The second-order valence-electron chi connectivity index (χ2n) is 4.13. The van der Waals surface area contributed by atoms with E-state index in [1.165, 1.54) is 0 Å². The van der Waals surface area contributed by atoms with Crippen molar-refractivity contribution >= 4 is 5.97 Å². The fourth-order valence-electron chi connectivity index (χ4n) is 2.31. The number of esters is 1. The Balaban J connectivity index is 1.97. The molecular formula is C10H14O5. The number of aliphatic hydroxyl groups is 1. The molecule has 3 aliphatic rings. The molecule has 2 heterocycles. The van der Waals surface area contributed by atoms with Crippen LogP contribution in [0.4, 0.5) is 0 Å². The lowest BCUT2D eigenvalue weighted by Crippen LogP contribution is -2.36. The number of fused-ring (bicyclic) bond motifs is 1. The van der Waals surface area contributed by atoms with Gasteiger partial charge in [-0.05, 0) is 12.8 Å². The van der Waals surface area contributed by atoms with Gasteiger partial charge in [0.1, 0.15) is 0 Å². The summed E-state index contributed by atoms with van der Waals surface area (Å²) in [6.45, 7) is 0. The van der Waals surface area contributed by atoms with Crippen LogP contribution in [0.25, 0.3) is 0 Å². The van der Waals surface area contributed by atoms with Gasteiger partial charge in [-0.25, -0.2) is 4.79 Å². The summed E-state index contributed by atoms with van der Waals surface area (Å²) < 4.78 is 31.2. The molecule has 5 heteroatoms. The van der Waals surface area contributed by atoms with Crippen LogP contribution in [0, 0.1) is 0 Å². The zero-order valence-corrected chi connectivity index (χ0v) is 8.19. The summed E-state index contributed by atoms with van der Waals surface area (Å²) in [6.07, 6.45) is -2.39. The number of ether oxygens (including phenoxy) is 3. The summed E-state index contributed by atoms with van der Waals surface area (Å²) in [7, 11) is 0. The molecule has 1 N–H and O–H groups in total. The lowest BCUT2D eigenvalue weighted by molar-refractivity contribution is -0.233. The van der Waals surface area contributed by atoms with Gasteiger partial charge in [-0.15, -0.1) is 0 Å². The van der Waals surface area contributed by atoms with Crippen molar-refractivity contribution in [3.05, 3.63) is 0 Å². The molecule has 0 aromatic heterocycles. The molecule has 2 aliphatic heterocycles. The van der Waals surface area contributed by atoms with Crippen LogP contribution >= 0.6 is 0 Å². The molecule has 2 saturated heterocycles. The fourth-order valence-corrected chi connectivity index (χ4v) is 2.31. The van der Waals surface area contributed by atoms with E-state index in [2.05, 4.69) is 4.74 Å². The van der Waals surface area contributed by atoms with E-state index in [1.807, 2.05) is 0 Å². The molecule has 0 bridgehead atoms. The van der Waals surface area contributed by atoms with Gasteiger partial charge < -0.3 is 19.3 Å². The maximum absolute atomic E-state index is 11.5. The highest BCUT2D eigenvalue weighted by Crippen LogP contribution is 2.43. The quantitative estimate of drug-likeness (QED) is 0.590. The summed E-state index contributed by atoms with van der Waals surface area (Å²) in [6, 6.07) is 0. The third kappa shape index (κ3) is 1.38. The molecule has 3 unspecified atom stereocenters. The number of hydrogen-bond donors (Lipinski definition) is 1. The van der Waals surface area contributed by atoms with E-state index in [9.17, 15) is 9.90 Å². The smallest absolute Gasteiger partial charge is 0.340 e. The fraction of sp³-hybridized carbons (Fsp3) is 0.900.